The molecule has 2 N–H and O–H groups in total. The Hall–Kier alpha value is -3.26. The van der Waals surface area contributed by atoms with Gasteiger partial charge in [-0.25, -0.2) is 4.79 Å². The van der Waals surface area contributed by atoms with Gasteiger partial charge in [0.2, 0.25) is 0 Å². The van der Waals surface area contributed by atoms with Gasteiger partial charge in [0.1, 0.15) is 5.78 Å². The molecule has 2 aliphatic rings. The van der Waals surface area contributed by atoms with Crippen LogP contribution >= 0.6 is 0 Å². The number of carbonyl (C=O) groups excluding carboxylic acids is 2. The SMILES string of the molecule is O=C1CCC[C@@]2(O)[C@H]1[C@H](c1ccc([N+](=O)[O-])cc1)NC(=O)N2Cc1ccccc1. The summed E-state index contributed by atoms with van der Waals surface area (Å²) in [7, 11) is 0. The number of nitrogens with one attached hydrogen (secondary N) is 1. The smallest absolute Gasteiger partial charge is 0.320 e. The van der Waals surface area contributed by atoms with Crippen molar-refractivity contribution in [2.24, 2.45) is 5.92 Å². The van der Waals surface area contributed by atoms with E-state index >= 15 is 0 Å². The van der Waals surface area contributed by atoms with E-state index in [9.17, 15) is 24.8 Å². The maximum absolute atomic E-state index is 13.0. The van der Waals surface area contributed by atoms with Crippen LogP contribution in [0.1, 0.15) is 36.4 Å². The first-order valence-electron chi connectivity index (χ1n) is 9.51. The van der Waals surface area contributed by atoms with Crippen molar-refractivity contribution in [3.05, 3.63) is 75.8 Å². The average molecular weight is 395 g/mol. The maximum Gasteiger partial charge on any atom is 0.320 e. The molecule has 8 nitrogen and oxygen atoms in total. The third-order valence-corrected chi connectivity index (χ3v) is 5.78. The van der Waals surface area contributed by atoms with Gasteiger partial charge in [0.15, 0.2) is 5.72 Å². The maximum atomic E-state index is 13.0. The number of amides is 2. The number of aliphatic hydroxyl groups is 1. The zero-order chi connectivity index (χ0) is 20.6. The van der Waals surface area contributed by atoms with Gasteiger partial charge in [-0.2, -0.15) is 0 Å². The van der Waals surface area contributed by atoms with Crippen molar-refractivity contribution in [2.45, 2.75) is 37.6 Å². The first-order chi connectivity index (χ1) is 13.9. The fourth-order valence-electron chi connectivity index (χ4n) is 4.37. The van der Waals surface area contributed by atoms with Crippen LogP contribution in [-0.4, -0.2) is 32.5 Å². The summed E-state index contributed by atoms with van der Waals surface area (Å²) in [4.78, 5) is 37.6. The first-order valence-corrected chi connectivity index (χ1v) is 9.51. The lowest BCUT2D eigenvalue weighted by Gasteiger charge is -2.53. The lowest BCUT2D eigenvalue weighted by Crippen LogP contribution is -2.69. The average Bonchev–Trinajstić information content (AvgIpc) is 2.71. The van der Waals surface area contributed by atoms with Gasteiger partial charge in [-0.05, 0) is 24.0 Å². The number of nitro benzene ring substituents is 1. The van der Waals surface area contributed by atoms with Gasteiger partial charge in [-0.15, -0.1) is 0 Å². The fraction of sp³-hybridized carbons (Fsp3) is 0.333. The van der Waals surface area contributed by atoms with E-state index in [0.29, 0.717) is 24.8 Å². The predicted octanol–water partition coefficient (Wildman–Crippen LogP) is 2.92. The number of fused-ring (bicyclic) bond motifs is 1. The standard InChI is InChI=1S/C21H21N3O5/c25-17-7-4-12-21(27)18(17)19(15-8-10-16(11-9-15)24(28)29)22-20(26)23(21)13-14-5-2-1-3-6-14/h1-3,5-6,8-11,18-19,27H,4,7,12-13H2,(H,22,26)/t18-,19+,21-/m1/s1. The molecule has 2 fully saturated rings. The summed E-state index contributed by atoms with van der Waals surface area (Å²) < 4.78 is 0. The number of carbonyl (C=O) groups is 2. The molecule has 150 valence electrons. The van der Waals surface area contributed by atoms with Crippen LogP contribution in [0.2, 0.25) is 0 Å². The quantitative estimate of drug-likeness (QED) is 0.610. The molecular weight excluding hydrogens is 374 g/mol. The summed E-state index contributed by atoms with van der Waals surface area (Å²) in [5.74, 6) is -0.973. The van der Waals surface area contributed by atoms with E-state index < -0.39 is 28.6 Å². The highest BCUT2D eigenvalue weighted by atomic mass is 16.6. The Bertz CT molecular complexity index is 947. The van der Waals surface area contributed by atoms with Crippen molar-refractivity contribution in [3.63, 3.8) is 0 Å². The molecule has 2 aromatic rings. The summed E-state index contributed by atoms with van der Waals surface area (Å²) in [6.07, 6.45) is 1.12. The molecule has 1 aliphatic heterocycles. The number of ketones is 1. The van der Waals surface area contributed by atoms with Crippen molar-refractivity contribution in [2.75, 3.05) is 0 Å². The monoisotopic (exact) mass is 395 g/mol. The zero-order valence-corrected chi connectivity index (χ0v) is 15.7. The van der Waals surface area contributed by atoms with Crippen LogP contribution in [0.4, 0.5) is 10.5 Å². The molecule has 0 unspecified atom stereocenters. The van der Waals surface area contributed by atoms with E-state index in [-0.39, 0.29) is 18.0 Å². The third-order valence-electron chi connectivity index (χ3n) is 5.78. The Balaban J connectivity index is 1.70. The van der Waals surface area contributed by atoms with E-state index in [1.54, 1.807) is 0 Å². The van der Waals surface area contributed by atoms with Crippen LogP contribution < -0.4 is 5.32 Å². The third kappa shape index (κ3) is 3.36. The summed E-state index contributed by atoms with van der Waals surface area (Å²) in [6, 6.07) is 13.8. The van der Waals surface area contributed by atoms with Crippen molar-refractivity contribution in [3.8, 4) is 0 Å². The minimum Gasteiger partial charge on any atom is -0.370 e. The number of hydrogen-bond donors (Lipinski definition) is 2. The molecule has 2 amide bonds. The number of Topliss-reactive ketones (excluding diaryl/α,β-unsaturated/α-hetero) is 1. The molecular formula is C21H21N3O5. The van der Waals surface area contributed by atoms with Crippen molar-refractivity contribution >= 4 is 17.5 Å². The highest BCUT2D eigenvalue weighted by molar-refractivity contribution is 5.88. The summed E-state index contributed by atoms with van der Waals surface area (Å²) in [5.41, 5.74) is -0.282. The molecule has 1 heterocycles. The lowest BCUT2D eigenvalue weighted by molar-refractivity contribution is -0.384. The number of nitrogens with zero attached hydrogens (tertiary/aromatic N) is 2. The zero-order valence-electron chi connectivity index (χ0n) is 15.7. The normalized spacial score (nSPS) is 26.6. The minimum absolute atomic E-state index is 0.0770. The number of non-ortho nitro benzene ring substituents is 1. The van der Waals surface area contributed by atoms with Crippen LogP contribution in [0.25, 0.3) is 0 Å². The molecule has 0 aromatic heterocycles. The first kappa shape index (κ1) is 19.1. The number of nitro groups is 1. The van der Waals surface area contributed by atoms with E-state index in [4.69, 9.17) is 0 Å². The van der Waals surface area contributed by atoms with Gasteiger partial charge < -0.3 is 10.4 Å². The van der Waals surface area contributed by atoms with Crippen LogP contribution in [-0.2, 0) is 11.3 Å². The molecule has 2 aromatic carbocycles. The molecule has 1 saturated heterocycles. The second-order valence-electron chi connectivity index (χ2n) is 7.52. The van der Waals surface area contributed by atoms with Gasteiger partial charge in [0.05, 0.1) is 23.4 Å². The lowest BCUT2D eigenvalue weighted by atomic mass is 9.71. The molecule has 8 heteroatoms. The molecule has 0 spiro atoms. The molecule has 1 aliphatic carbocycles. The van der Waals surface area contributed by atoms with Crippen LogP contribution in [0.5, 0.6) is 0 Å². The highest BCUT2D eigenvalue weighted by Gasteiger charge is 2.57. The number of urea groups is 1. The Morgan fingerprint density at radius 3 is 2.48 bits per heavy atom. The van der Waals surface area contributed by atoms with E-state index in [2.05, 4.69) is 5.32 Å². The van der Waals surface area contributed by atoms with Crippen molar-refractivity contribution in [1.29, 1.82) is 0 Å². The number of benzene rings is 2. The van der Waals surface area contributed by atoms with Gasteiger partial charge in [-0.1, -0.05) is 42.5 Å². The fourth-order valence-corrected chi connectivity index (χ4v) is 4.37. The van der Waals surface area contributed by atoms with E-state index in [1.165, 1.54) is 29.2 Å². The second kappa shape index (κ2) is 7.29. The van der Waals surface area contributed by atoms with Crippen molar-refractivity contribution in [1.82, 2.24) is 10.2 Å². The molecule has 3 atom stereocenters. The number of hydrogen-bond acceptors (Lipinski definition) is 5. The molecule has 0 bridgehead atoms. The molecule has 1 saturated carbocycles. The van der Waals surface area contributed by atoms with E-state index in [0.717, 1.165) is 5.56 Å². The largest absolute Gasteiger partial charge is 0.370 e. The second-order valence-corrected chi connectivity index (χ2v) is 7.52. The van der Waals surface area contributed by atoms with Gasteiger partial charge in [0, 0.05) is 18.6 Å². The van der Waals surface area contributed by atoms with Gasteiger partial charge >= 0.3 is 6.03 Å². The van der Waals surface area contributed by atoms with Gasteiger partial charge in [-0.3, -0.25) is 19.8 Å². The Labute approximate surface area is 167 Å². The predicted molar refractivity (Wildman–Crippen MR) is 104 cm³/mol. The van der Waals surface area contributed by atoms with Crippen LogP contribution in [0, 0.1) is 16.0 Å². The van der Waals surface area contributed by atoms with Gasteiger partial charge in [0.25, 0.3) is 5.69 Å². The van der Waals surface area contributed by atoms with E-state index in [1.807, 2.05) is 30.3 Å². The van der Waals surface area contributed by atoms with Crippen LogP contribution in [0.3, 0.4) is 0 Å². The Morgan fingerprint density at radius 2 is 1.83 bits per heavy atom. The molecule has 29 heavy (non-hydrogen) atoms. The van der Waals surface area contributed by atoms with Crippen LogP contribution in [0.15, 0.2) is 54.6 Å². The summed E-state index contributed by atoms with van der Waals surface area (Å²) in [5, 5.41) is 25.3. The Kier molecular flexibility index (Phi) is 4.79. The minimum atomic E-state index is -1.61. The summed E-state index contributed by atoms with van der Waals surface area (Å²) in [6.45, 7) is 0.180. The van der Waals surface area contributed by atoms with Crippen molar-refractivity contribution < 1.29 is 19.6 Å². The molecule has 0 radical (unpaired) electrons. The number of rotatable bonds is 4. The Morgan fingerprint density at radius 1 is 1.14 bits per heavy atom. The molecule has 4 rings (SSSR count). The summed E-state index contributed by atoms with van der Waals surface area (Å²) >= 11 is 0. The topological polar surface area (TPSA) is 113 Å². The highest BCUT2D eigenvalue weighted by Crippen LogP contribution is 2.45.